The molecule has 0 N–H and O–H groups in total. The highest BCUT2D eigenvalue weighted by molar-refractivity contribution is 7.87. The quantitative estimate of drug-likeness (QED) is 0.265. The minimum atomic E-state index is -4.29. The van der Waals surface area contributed by atoms with E-state index in [0.29, 0.717) is 38.1 Å². The fourth-order valence-corrected chi connectivity index (χ4v) is 4.31. The second-order valence-corrected chi connectivity index (χ2v) is 8.68. The van der Waals surface area contributed by atoms with Crippen molar-refractivity contribution in [2.45, 2.75) is 24.7 Å². The molecule has 1 heterocycles. The van der Waals surface area contributed by atoms with Crippen LogP contribution in [0, 0.1) is 16.0 Å². The number of nitro benzene ring substituents is 1. The molecule has 0 aromatic heterocycles. The largest absolute Gasteiger partial charge is 0.466 e. The van der Waals surface area contributed by atoms with Crippen molar-refractivity contribution in [1.29, 1.82) is 0 Å². The summed E-state index contributed by atoms with van der Waals surface area (Å²) >= 11 is 0. The van der Waals surface area contributed by atoms with Crippen LogP contribution in [0.25, 0.3) is 0 Å². The van der Waals surface area contributed by atoms with E-state index in [4.69, 9.17) is 8.92 Å². The van der Waals surface area contributed by atoms with E-state index in [1.54, 1.807) is 11.8 Å². The lowest BCUT2D eigenvalue weighted by atomic mass is 9.96. The SMILES string of the molecule is CCOC(=O)C1CCN(C(=O)c2ccc(OS(=O)(=O)c3cccc([N+](=O)[O-])c3)cc2)CC1. The maximum atomic E-state index is 12.7. The molecule has 0 radical (unpaired) electrons. The molecule has 0 atom stereocenters. The lowest BCUT2D eigenvalue weighted by Crippen LogP contribution is -2.40. The van der Waals surface area contributed by atoms with Crippen molar-refractivity contribution in [1.82, 2.24) is 4.90 Å². The Morgan fingerprint density at radius 3 is 2.38 bits per heavy atom. The van der Waals surface area contributed by atoms with E-state index < -0.39 is 15.0 Å². The molecule has 11 heteroatoms. The van der Waals surface area contributed by atoms with Crippen LogP contribution in [0.2, 0.25) is 0 Å². The van der Waals surface area contributed by atoms with Crippen molar-refractivity contribution >= 4 is 27.7 Å². The number of amides is 1. The summed E-state index contributed by atoms with van der Waals surface area (Å²) in [5.41, 5.74) is -0.0259. The number of esters is 1. The van der Waals surface area contributed by atoms with Gasteiger partial charge in [0.25, 0.3) is 11.6 Å². The smallest absolute Gasteiger partial charge is 0.339 e. The van der Waals surface area contributed by atoms with Gasteiger partial charge in [0.05, 0.1) is 17.4 Å². The number of carbonyl (C=O) groups is 2. The van der Waals surface area contributed by atoms with Crippen LogP contribution in [-0.4, -0.2) is 49.8 Å². The van der Waals surface area contributed by atoms with Gasteiger partial charge in [-0.05, 0) is 50.1 Å². The van der Waals surface area contributed by atoms with Crippen LogP contribution in [0.1, 0.15) is 30.1 Å². The van der Waals surface area contributed by atoms with Crippen molar-refractivity contribution < 1.29 is 31.9 Å². The topological polar surface area (TPSA) is 133 Å². The van der Waals surface area contributed by atoms with Crippen molar-refractivity contribution in [3.63, 3.8) is 0 Å². The first-order chi connectivity index (χ1) is 15.2. The Morgan fingerprint density at radius 1 is 1.12 bits per heavy atom. The molecule has 1 amide bonds. The molecule has 1 saturated heterocycles. The molecule has 170 valence electrons. The third-order valence-electron chi connectivity index (χ3n) is 5.03. The molecule has 0 saturated carbocycles. The standard InChI is InChI=1S/C21H22N2O8S/c1-2-30-21(25)16-10-12-22(13-11-16)20(24)15-6-8-18(9-7-15)31-32(28,29)19-5-3-4-17(14-19)23(26)27/h3-9,14,16H,2,10-13H2,1H3. The third-order valence-corrected chi connectivity index (χ3v) is 6.27. The van der Waals surface area contributed by atoms with Gasteiger partial charge in [0, 0.05) is 30.8 Å². The minimum absolute atomic E-state index is 0.0333. The molecule has 3 rings (SSSR count). The van der Waals surface area contributed by atoms with E-state index in [-0.39, 0.29) is 34.1 Å². The highest BCUT2D eigenvalue weighted by Crippen LogP contribution is 2.24. The molecular formula is C21H22N2O8S. The number of likely N-dealkylation sites (tertiary alicyclic amines) is 1. The van der Waals surface area contributed by atoms with Crippen LogP contribution in [0.3, 0.4) is 0 Å². The lowest BCUT2D eigenvalue weighted by Gasteiger charge is -2.31. The number of hydrogen-bond acceptors (Lipinski definition) is 8. The average Bonchev–Trinajstić information content (AvgIpc) is 2.79. The van der Waals surface area contributed by atoms with Gasteiger partial charge in [0.15, 0.2) is 0 Å². The lowest BCUT2D eigenvalue weighted by molar-refractivity contribution is -0.385. The molecule has 2 aromatic rings. The first kappa shape index (κ1) is 23.2. The molecule has 1 fully saturated rings. The van der Waals surface area contributed by atoms with Crippen molar-refractivity contribution in [3.05, 3.63) is 64.2 Å². The zero-order valence-electron chi connectivity index (χ0n) is 17.3. The predicted octanol–water partition coefficient (Wildman–Crippen LogP) is 2.78. The summed E-state index contributed by atoms with van der Waals surface area (Å²) in [6.45, 7) is 2.91. The van der Waals surface area contributed by atoms with Gasteiger partial charge in [-0.15, -0.1) is 0 Å². The number of non-ortho nitro benzene ring substituents is 1. The van der Waals surface area contributed by atoms with Gasteiger partial charge >= 0.3 is 16.1 Å². The van der Waals surface area contributed by atoms with E-state index >= 15 is 0 Å². The van der Waals surface area contributed by atoms with Gasteiger partial charge in [-0.25, -0.2) is 0 Å². The third kappa shape index (κ3) is 5.41. The molecular weight excluding hydrogens is 440 g/mol. The molecule has 0 bridgehead atoms. The van der Waals surface area contributed by atoms with E-state index in [9.17, 15) is 28.1 Å². The summed E-state index contributed by atoms with van der Waals surface area (Å²) in [6.07, 6.45) is 1.04. The van der Waals surface area contributed by atoms with E-state index in [0.717, 1.165) is 6.07 Å². The second-order valence-electron chi connectivity index (χ2n) is 7.13. The van der Waals surface area contributed by atoms with Gasteiger partial charge in [-0.1, -0.05) is 6.07 Å². The summed E-state index contributed by atoms with van der Waals surface area (Å²) in [6, 6.07) is 10.1. The fourth-order valence-electron chi connectivity index (χ4n) is 3.34. The molecule has 0 unspecified atom stereocenters. The number of piperidine rings is 1. The van der Waals surface area contributed by atoms with E-state index in [1.165, 1.54) is 42.5 Å². The highest BCUT2D eigenvalue weighted by atomic mass is 32.2. The summed E-state index contributed by atoms with van der Waals surface area (Å²) in [4.78, 5) is 36.0. The number of hydrogen-bond donors (Lipinski definition) is 0. The van der Waals surface area contributed by atoms with E-state index in [1.807, 2.05) is 0 Å². The predicted molar refractivity (Wildman–Crippen MR) is 113 cm³/mol. The first-order valence-corrected chi connectivity index (χ1v) is 11.4. The van der Waals surface area contributed by atoms with Crippen molar-refractivity contribution in [3.8, 4) is 5.75 Å². The van der Waals surface area contributed by atoms with Crippen LogP contribution in [-0.2, 0) is 19.6 Å². The van der Waals surface area contributed by atoms with Crippen molar-refractivity contribution in [2.75, 3.05) is 19.7 Å². The molecule has 0 aliphatic carbocycles. The molecule has 0 spiro atoms. The Kier molecular flexibility index (Phi) is 7.08. The number of nitrogens with zero attached hydrogens (tertiary/aromatic N) is 2. The molecule has 2 aromatic carbocycles. The molecule has 1 aliphatic rings. The number of carbonyl (C=O) groups excluding carboxylic acids is 2. The van der Waals surface area contributed by atoms with Gasteiger partial charge in [-0.3, -0.25) is 19.7 Å². The number of rotatable bonds is 7. The number of benzene rings is 2. The van der Waals surface area contributed by atoms with Crippen molar-refractivity contribution in [2.24, 2.45) is 5.92 Å². The Balaban J connectivity index is 1.64. The molecule has 32 heavy (non-hydrogen) atoms. The van der Waals surface area contributed by atoms with Crippen LogP contribution >= 0.6 is 0 Å². The summed E-state index contributed by atoms with van der Waals surface area (Å²) in [7, 11) is -4.29. The minimum Gasteiger partial charge on any atom is -0.466 e. The molecule has 10 nitrogen and oxygen atoms in total. The first-order valence-electron chi connectivity index (χ1n) is 9.96. The molecule has 1 aliphatic heterocycles. The van der Waals surface area contributed by atoms with E-state index in [2.05, 4.69) is 0 Å². The number of ether oxygens (including phenoxy) is 1. The highest BCUT2D eigenvalue weighted by Gasteiger charge is 2.28. The van der Waals surface area contributed by atoms with Crippen LogP contribution in [0.4, 0.5) is 5.69 Å². The second kappa shape index (κ2) is 9.77. The maximum absolute atomic E-state index is 12.7. The van der Waals surface area contributed by atoms with Gasteiger partial charge < -0.3 is 13.8 Å². The maximum Gasteiger partial charge on any atom is 0.339 e. The zero-order chi connectivity index (χ0) is 23.3. The monoisotopic (exact) mass is 462 g/mol. The van der Waals surface area contributed by atoms with Crippen LogP contribution in [0.15, 0.2) is 53.4 Å². The van der Waals surface area contributed by atoms with Crippen LogP contribution < -0.4 is 4.18 Å². The Morgan fingerprint density at radius 2 is 1.78 bits per heavy atom. The Bertz CT molecular complexity index is 1110. The summed E-state index contributed by atoms with van der Waals surface area (Å²) < 4.78 is 34.9. The fraction of sp³-hybridized carbons (Fsp3) is 0.333. The zero-order valence-corrected chi connectivity index (χ0v) is 18.1. The Hall–Kier alpha value is -3.47. The van der Waals surface area contributed by atoms with Gasteiger partial charge in [0.2, 0.25) is 0 Å². The van der Waals surface area contributed by atoms with Gasteiger partial charge in [0.1, 0.15) is 10.6 Å². The summed E-state index contributed by atoms with van der Waals surface area (Å²) in [5, 5.41) is 10.9. The number of nitro groups is 1. The van der Waals surface area contributed by atoms with Gasteiger partial charge in [-0.2, -0.15) is 8.42 Å². The normalized spacial score (nSPS) is 14.6. The van der Waals surface area contributed by atoms with Crippen LogP contribution in [0.5, 0.6) is 5.75 Å². The summed E-state index contributed by atoms with van der Waals surface area (Å²) in [5.74, 6) is -0.727. The average molecular weight is 462 g/mol. The Labute approximate surface area is 185 Å².